The fourth-order valence-corrected chi connectivity index (χ4v) is 3.40. The predicted molar refractivity (Wildman–Crippen MR) is 89.2 cm³/mol. The third-order valence-electron chi connectivity index (χ3n) is 5.45. The van der Waals surface area contributed by atoms with E-state index < -0.39 is 11.6 Å². The van der Waals surface area contributed by atoms with E-state index in [9.17, 15) is 9.18 Å². The number of carbonyl (C=O) groups excluding carboxylic acids is 1. The Morgan fingerprint density at radius 2 is 2.08 bits per heavy atom. The molecular weight excluding hydrogens is 309 g/mol. The molecule has 0 spiro atoms. The molecule has 1 aromatic heterocycles. The van der Waals surface area contributed by atoms with E-state index in [4.69, 9.17) is 0 Å². The summed E-state index contributed by atoms with van der Waals surface area (Å²) in [5.74, 6) is 1.59. The number of aromatic nitrogens is 3. The van der Waals surface area contributed by atoms with E-state index in [1.54, 1.807) is 0 Å². The van der Waals surface area contributed by atoms with Crippen molar-refractivity contribution < 1.29 is 9.18 Å². The number of rotatable bonds is 4. The number of hydrogen-bond acceptors (Lipinski definition) is 4. The van der Waals surface area contributed by atoms with Gasteiger partial charge in [0.2, 0.25) is 5.67 Å². The minimum Gasteiger partial charge on any atom is -0.346 e. The SMILES string of the molecule is Cn1c(CNC(=O)C2(F)CCN(C(C)(C)C)C2)nnc1C1CCC1. The lowest BCUT2D eigenvalue weighted by Crippen LogP contribution is -2.48. The second-order valence-corrected chi connectivity index (χ2v) is 8.15. The monoisotopic (exact) mass is 337 g/mol. The first-order chi connectivity index (χ1) is 11.2. The van der Waals surface area contributed by atoms with Crippen molar-refractivity contribution in [2.24, 2.45) is 7.05 Å². The lowest BCUT2D eigenvalue weighted by molar-refractivity contribution is -0.132. The zero-order chi connectivity index (χ0) is 17.5. The van der Waals surface area contributed by atoms with E-state index >= 15 is 0 Å². The molecule has 1 saturated heterocycles. The number of carbonyl (C=O) groups is 1. The maximum atomic E-state index is 15.0. The van der Waals surface area contributed by atoms with Gasteiger partial charge in [0.15, 0.2) is 5.82 Å². The maximum absolute atomic E-state index is 15.0. The van der Waals surface area contributed by atoms with Gasteiger partial charge in [-0.25, -0.2) is 4.39 Å². The smallest absolute Gasteiger partial charge is 0.259 e. The summed E-state index contributed by atoms with van der Waals surface area (Å²) < 4.78 is 16.9. The number of halogens is 1. The minimum atomic E-state index is -1.82. The van der Waals surface area contributed by atoms with Crippen molar-refractivity contribution >= 4 is 5.91 Å². The van der Waals surface area contributed by atoms with E-state index in [-0.39, 0.29) is 25.0 Å². The molecule has 0 radical (unpaired) electrons. The van der Waals surface area contributed by atoms with Crippen molar-refractivity contribution in [2.45, 2.75) is 70.1 Å². The Kier molecular flexibility index (Phi) is 4.40. The molecule has 1 aliphatic carbocycles. The van der Waals surface area contributed by atoms with Crippen LogP contribution in [0.4, 0.5) is 4.39 Å². The van der Waals surface area contributed by atoms with E-state index in [1.807, 2.05) is 37.3 Å². The first-order valence-corrected chi connectivity index (χ1v) is 8.81. The van der Waals surface area contributed by atoms with Crippen molar-refractivity contribution in [3.8, 4) is 0 Å². The quantitative estimate of drug-likeness (QED) is 0.912. The molecule has 6 nitrogen and oxygen atoms in total. The van der Waals surface area contributed by atoms with Crippen molar-refractivity contribution in [1.29, 1.82) is 0 Å². The Balaban J connectivity index is 1.59. The average Bonchev–Trinajstić information content (AvgIpc) is 3.01. The van der Waals surface area contributed by atoms with Crippen molar-refractivity contribution in [3.63, 3.8) is 0 Å². The third kappa shape index (κ3) is 3.18. The van der Waals surface area contributed by atoms with Gasteiger partial charge in [0.05, 0.1) is 6.54 Å². The minimum absolute atomic E-state index is 0.130. The first kappa shape index (κ1) is 17.3. The second kappa shape index (κ2) is 6.10. The predicted octanol–water partition coefficient (Wildman–Crippen LogP) is 1.91. The highest BCUT2D eigenvalue weighted by molar-refractivity contribution is 5.85. The molecule has 0 bridgehead atoms. The summed E-state index contributed by atoms with van der Waals surface area (Å²) in [6, 6.07) is 0. The molecule has 1 saturated carbocycles. The molecule has 2 aliphatic rings. The molecule has 0 aromatic carbocycles. The van der Waals surface area contributed by atoms with Crippen LogP contribution in [0.15, 0.2) is 0 Å². The summed E-state index contributed by atoms with van der Waals surface area (Å²) in [5.41, 5.74) is -1.95. The molecule has 134 valence electrons. The lowest BCUT2D eigenvalue weighted by Gasteiger charge is -2.32. The van der Waals surface area contributed by atoms with Crippen molar-refractivity contribution in [3.05, 3.63) is 11.6 Å². The Morgan fingerprint density at radius 3 is 2.62 bits per heavy atom. The summed E-state index contributed by atoms with van der Waals surface area (Å²) in [4.78, 5) is 14.4. The summed E-state index contributed by atoms with van der Waals surface area (Å²) in [6.07, 6.45) is 3.77. The van der Waals surface area contributed by atoms with Gasteiger partial charge < -0.3 is 9.88 Å². The molecule has 2 heterocycles. The summed E-state index contributed by atoms with van der Waals surface area (Å²) in [6.45, 7) is 7.09. The van der Waals surface area contributed by atoms with Crippen LogP contribution in [0.5, 0.6) is 0 Å². The number of amides is 1. The normalized spacial score (nSPS) is 25.7. The standard InChI is InChI=1S/C17H28FN5O/c1-16(2,3)23-9-8-17(18,11-23)15(24)19-10-13-20-21-14(22(13)4)12-6-5-7-12/h12H,5-11H2,1-4H3,(H,19,24). The average molecular weight is 337 g/mol. The van der Waals surface area contributed by atoms with Gasteiger partial charge in [0, 0.05) is 38.0 Å². The van der Waals surface area contributed by atoms with Crippen LogP contribution in [0.3, 0.4) is 0 Å². The summed E-state index contributed by atoms with van der Waals surface area (Å²) in [5, 5.41) is 11.1. The van der Waals surface area contributed by atoms with Crippen LogP contribution in [0.2, 0.25) is 0 Å². The molecular formula is C17H28FN5O. The highest BCUT2D eigenvalue weighted by atomic mass is 19.1. The highest BCUT2D eigenvalue weighted by Gasteiger charge is 2.47. The Bertz CT molecular complexity index is 619. The maximum Gasteiger partial charge on any atom is 0.259 e. The van der Waals surface area contributed by atoms with Crippen LogP contribution in [-0.4, -0.2) is 49.9 Å². The molecule has 1 atom stereocenters. The van der Waals surface area contributed by atoms with Gasteiger partial charge in [0.25, 0.3) is 5.91 Å². The first-order valence-electron chi connectivity index (χ1n) is 8.81. The summed E-state index contributed by atoms with van der Waals surface area (Å²) >= 11 is 0. The second-order valence-electron chi connectivity index (χ2n) is 8.15. The largest absolute Gasteiger partial charge is 0.346 e. The van der Waals surface area contributed by atoms with Gasteiger partial charge >= 0.3 is 0 Å². The molecule has 1 N–H and O–H groups in total. The zero-order valence-corrected chi connectivity index (χ0v) is 15.1. The van der Waals surface area contributed by atoms with Gasteiger partial charge in [-0.15, -0.1) is 10.2 Å². The van der Waals surface area contributed by atoms with Crippen LogP contribution >= 0.6 is 0 Å². The molecule has 3 rings (SSSR count). The zero-order valence-electron chi connectivity index (χ0n) is 15.1. The van der Waals surface area contributed by atoms with Crippen molar-refractivity contribution in [1.82, 2.24) is 25.0 Å². The lowest BCUT2D eigenvalue weighted by atomic mass is 9.85. The van der Waals surface area contributed by atoms with Gasteiger partial charge in [0.1, 0.15) is 5.82 Å². The Morgan fingerprint density at radius 1 is 1.38 bits per heavy atom. The Hall–Kier alpha value is -1.50. The van der Waals surface area contributed by atoms with Crippen molar-refractivity contribution in [2.75, 3.05) is 13.1 Å². The van der Waals surface area contributed by atoms with Gasteiger partial charge in [-0.2, -0.15) is 0 Å². The van der Waals surface area contributed by atoms with Crippen LogP contribution < -0.4 is 5.32 Å². The van der Waals surface area contributed by atoms with E-state index in [0.717, 1.165) is 18.7 Å². The third-order valence-corrected chi connectivity index (χ3v) is 5.45. The van der Waals surface area contributed by atoms with E-state index in [1.165, 1.54) is 6.42 Å². The highest BCUT2D eigenvalue weighted by Crippen LogP contribution is 2.35. The van der Waals surface area contributed by atoms with Gasteiger partial charge in [-0.05, 0) is 33.6 Å². The molecule has 1 unspecified atom stereocenters. The number of hydrogen-bond donors (Lipinski definition) is 1. The van der Waals surface area contributed by atoms with Crippen LogP contribution in [0.25, 0.3) is 0 Å². The number of nitrogens with zero attached hydrogens (tertiary/aromatic N) is 4. The molecule has 7 heteroatoms. The number of likely N-dealkylation sites (tertiary alicyclic amines) is 1. The molecule has 1 aliphatic heterocycles. The van der Waals surface area contributed by atoms with E-state index in [2.05, 4.69) is 15.5 Å². The van der Waals surface area contributed by atoms with E-state index in [0.29, 0.717) is 18.3 Å². The molecule has 2 fully saturated rings. The topological polar surface area (TPSA) is 63.1 Å². The number of alkyl halides is 1. The van der Waals surface area contributed by atoms with Crippen LogP contribution in [0.1, 0.15) is 64.0 Å². The fourth-order valence-electron chi connectivity index (χ4n) is 3.40. The molecule has 24 heavy (non-hydrogen) atoms. The van der Waals surface area contributed by atoms with Crippen LogP contribution in [0, 0.1) is 0 Å². The van der Waals surface area contributed by atoms with Crippen LogP contribution in [-0.2, 0) is 18.4 Å². The molecule has 1 amide bonds. The van der Waals surface area contributed by atoms with Gasteiger partial charge in [-0.3, -0.25) is 9.69 Å². The molecule has 1 aromatic rings. The summed E-state index contributed by atoms with van der Waals surface area (Å²) in [7, 11) is 1.91. The number of nitrogens with one attached hydrogen (secondary N) is 1. The Labute approximate surface area is 142 Å². The van der Waals surface area contributed by atoms with Gasteiger partial charge in [-0.1, -0.05) is 6.42 Å². The fraction of sp³-hybridized carbons (Fsp3) is 0.824.